The third-order valence-corrected chi connectivity index (χ3v) is 2.48. The molecule has 4 heteroatoms. The van der Waals surface area contributed by atoms with E-state index < -0.39 is 0 Å². The summed E-state index contributed by atoms with van der Waals surface area (Å²) in [5, 5.41) is 7.57. The van der Waals surface area contributed by atoms with E-state index in [0.717, 1.165) is 24.3 Å². The number of hydrogen-bond acceptors (Lipinski definition) is 4. The highest BCUT2D eigenvalue weighted by Crippen LogP contribution is 2.27. The molecule has 0 fully saturated rings. The van der Waals surface area contributed by atoms with Gasteiger partial charge in [0.1, 0.15) is 5.75 Å². The highest BCUT2D eigenvalue weighted by molar-refractivity contribution is 5.61. The van der Waals surface area contributed by atoms with E-state index in [0.29, 0.717) is 5.89 Å². The lowest BCUT2D eigenvalue weighted by Gasteiger charge is -2.08. The van der Waals surface area contributed by atoms with Crippen LogP contribution in [0.3, 0.4) is 0 Å². The Morgan fingerprint density at radius 2 is 2.12 bits per heavy atom. The maximum absolute atomic E-state index is 5.74. The van der Waals surface area contributed by atoms with Crippen LogP contribution in [0.15, 0.2) is 35.1 Å². The predicted molar refractivity (Wildman–Crippen MR) is 64.8 cm³/mol. The number of ether oxygens (including phenoxy) is 1. The van der Waals surface area contributed by atoms with Crippen molar-refractivity contribution in [3.63, 3.8) is 0 Å². The fraction of sp³-hybridized carbons (Fsp3) is 0.385. The number of nitrogens with zero attached hydrogens (tertiary/aromatic N) is 2. The summed E-state index contributed by atoms with van der Waals surface area (Å²) in [5.74, 6) is 1.30. The minimum absolute atomic E-state index is 0.496. The standard InChI is InChI=1S/C13H16N2O2/c1-2-3-6-9-16-12-8-5-4-7-11(12)13-15-14-10-17-13/h4-5,7-8,10H,2-3,6,9H2,1H3. The molecule has 0 atom stereocenters. The van der Waals surface area contributed by atoms with Crippen molar-refractivity contribution in [2.75, 3.05) is 6.61 Å². The number of benzene rings is 1. The van der Waals surface area contributed by atoms with Gasteiger partial charge in [0, 0.05) is 0 Å². The summed E-state index contributed by atoms with van der Waals surface area (Å²) in [6, 6.07) is 7.71. The maximum Gasteiger partial charge on any atom is 0.251 e. The van der Waals surface area contributed by atoms with Crippen molar-refractivity contribution >= 4 is 0 Å². The van der Waals surface area contributed by atoms with E-state index in [2.05, 4.69) is 17.1 Å². The van der Waals surface area contributed by atoms with E-state index in [1.807, 2.05) is 24.3 Å². The molecule has 0 amide bonds. The molecule has 0 aliphatic heterocycles. The van der Waals surface area contributed by atoms with Gasteiger partial charge in [0.05, 0.1) is 12.2 Å². The van der Waals surface area contributed by atoms with Gasteiger partial charge in [0.25, 0.3) is 5.89 Å². The molecule has 90 valence electrons. The Morgan fingerprint density at radius 3 is 2.88 bits per heavy atom. The molecule has 0 spiro atoms. The van der Waals surface area contributed by atoms with Gasteiger partial charge in [-0.25, -0.2) is 0 Å². The van der Waals surface area contributed by atoms with Crippen LogP contribution >= 0.6 is 0 Å². The topological polar surface area (TPSA) is 48.2 Å². The second-order valence-corrected chi connectivity index (χ2v) is 3.80. The minimum atomic E-state index is 0.496. The molecule has 1 heterocycles. The molecule has 0 unspecified atom stereocenters. The van der Waals surface area contributed by atoms with Crippen molar-refractivity contribution in [3.05, 3.63) is 30.7 Å². The monoisotopic (exact) mass is 232 g/mol. The van der Waals surface area contributed by atoms with Crippen molar-refractivity contribution < 1.29 is 9.15 Å². The SMILES string of the molecule is CCCCCOc1ccccc1-c1nnco1. The Hall–Kier alpha value is -1.84. The molecule has 2 rings (SSSR count). The Kier molecular flexibility index (Phi) is 4.13. The summed E-state index contributed by atoms with van der Waals surface area (Å²) < 4.78 is 10.9. The maximum atomic E-state index is 5.74. The van der Waals surface area contributed by atoms with Gasteiger partial charge in [-0.15, -0.1) is 10.2 Å². The van der Waals surface area contributed by atoms with Crippen LogP contribution in [0.5, 0.6) is 5.75 Å². The Morgan fingerprint density at radius 1 is 1.24 bits per heavy atom. The molecule has 0 bridgehead atoms. The summed E-state index contributed by atoms with van der Waals surface area (Å²) in [4.78, 5) is 0. The van der Waals surface area contributed by atoms with E-state index in [4.69, 9.17) is 9.15 Å². The molecule has 0 aliphatic rings. The lowest BCUT2D eigenvalue weighted by atomic mass is 10.2. The normalized spacial score (nSPS) is 10.4. The second-order valence-electron chi connectivity index (χ2n) is 3.80. The number of para-hydroxylation sites is 1. The fourth-order valence-corrected chi connectivity index (χ4v) is 1.59. The molecular weight excluding hydrogens is 216 g/mol. The van der Waals surface area contributed by atoms with Crippen LogP contribution in [0.2, 0.25) is 0 Å². The summed E-state index contributed by atoms with van der Waals surface area (Å²) in [6.07, 6.45) is 4.76. The molecular formula is C13H16N2O2. The third-order valence-electron chi connectivity index (χ3n) is 2.48. The van der Waals surface area contributed by atoms with Crippen LogP contribution in [0.4, 0.5) is 0 Å². The third kappa shape index (κ3) is 3.06. The Labute approximate surface area is 101 Å². The molecule has 2 aromatic rings. The largest absolute Gasteiger partial charge is 0.493 e. The summed E-state index contributed by atoms with van der Waals surface area (Å²) in [7, 11) is 0. The summed E-state index contributed by atoms with van der Waals surface area (Å²) >= 11 is 0. The number of aromatic nitrogens is 2. The molecule has 1 aromatic heterocycles. The van der Waals surface area contributed by atoms with Crippen molar-refractivity contribution in [2.24, 2.45) is 0 Å². The highest BCUT2D eigenvalue weighted by atomic mass is 16.5. The predicted octanol–water partition coefficient (Wildman–Crippen LogP) is 3.31. The van der Waals surface area contributed by atoms with Gasteiger partial charge < -0.3 is 9.15 Å². The Balaban J connectivity index is 2.06. The highest BCUT2D eigenvalue weighted by Gasteiger charge is 2.09. The van der Waals surface area contributed by atoms with E-state index >= 15 is 0 Å². The van der Waals surface area contributed by atoms with E-state index in [9.17, 15) is 0 Å². The molecule has 4 nitrogen and oxygen atoms in total. The summed E-state index contributed by atoms with van der Waals surface area (Å²) in [6.45, 7) is 2.89. The van der Waals surface area contributed by atoms with E-state index in [-0.39, 0.29) is 0 Å². The van der Waals surface area contributed by atoms with Gasteiger partial charge in [0.2, 0.25) is 6.39 Å². The smallest absolute Gasteiger partial charge is 0.251 e. The molecule has 0 radical (unpaired) electrons. The van der Waals surface area contributed by atoms with Crippen LogP contribution in [-0.4, -0.2) is 16.8 Å². The molecule has 0 saturated heterocycles. The molecule has 17 heavy (non-hydrogen) atoms. The van der Waals surface area contributed by atoms with Crippen LogP contribution < -0.4 is 4.74 Å². The Bertz CT molecular complexity index is 440. The van der Waals surface area contributed by atoms with Gasteiger partial charge in [-0.3, -0.25) is 0 Å². The van der Waals surface area contributed by atoms with Crippen LogP contribution in [0.25, 0.3) is 11.5 Å². The zero-order valence-electron chi connectivity index (χ0n) is 9.93. The average Bonchev–Trinajstić information content (AvgIpc) is 2.89. The lowest BCUT2D eigenvalue weighted by Crippen LogP contribution is -1.98. The van der Waals surface area contributed by atoms with Gasteiger partial charge in [0.15, 0.2) is 0 Å². The van der Waals surface area contributed by atoms with Crippen LogP contribution in [-0.2, 0) is 0 Å². The summed E-state index contributed by atoms with van der Waals surface area (Å²) in [5.41, 5.74) is 0.849. The first-order valence-corrected chi connectivity index (χ1v) is 5.90. The van der Waals surface area contributed by atoms with Crippen LogP contribution in [0, 0.1) is 0 Å². The molecule has 0 aliphatic carbocycles. The van der Waals surface area contributed by atoms with Crippen molar-refractivity contribution in [1.82, 2.24) is 10.2 Å². The van der Waals surface area contributed by atoms with Gasteiger partial charge in [-0.2, -0.15) is 0 Å². The first kappa shape index (κ1) is 11.6. The minimum Gasteiger partial charge on any atom is -0.493 e. The zero-order chi connectivity index (χ0) is 11.9. The van der Waals surface area contributed by atoms with Crippen molar-refractivity contribution in [3.8, 4) is 17.2 Å². The van der Waals surface area contributed by atoms with E-state index in [1.165, 1.54) is 19.2 Å². The quantitative estimate of drug-likeness (QED) is 0.717. The van der Waals surface area contributed by atoms with Gasteiger partial charge >= 0.3 is 0 Å². The van der Waals surface area contributed by atoms with Crippen molar-refractivity contribution in [1.29, 1.82) is 0 Å². The van der Waals surface area contributed by atoms with Crippen LogP contribution in [0.1, 0.15) is 26.2 Å². The zero-order valence-corrected chi connectivity index (χ0v) is 9.93. The van der Waals surface area contributed by atoms with Gasteiger partial charge in [-0.1, -0.05) is 31.9 Å². The van der Waals surface area contributed by atoms with Gasteiger partial charge in [-0.05, 0) is 18.6 Å². The average molecular weight is 232 g/mol. The van der Waals surface area contributed by atoms with Crippen molar-refractivity contribution in [2.45, 2.75) is 26.2 Å². The fourth-order valence-electron chi connectivity index (χ4n) is 1.59. The molecule has 1 aromatic carbocycles. The number of hydrogen-bond donors (Lipinski definition) is 0. The second kappa shape index (κ2) is 6.03. The molecule has 0 N–H and O–H groups in total. The number of rotatable bonds is 6. The lowest BCUT2D eigenvalue weighted by molar-refractivity contribution is 0.306. The first-order valence-electron chi connectivity index (χ1n) is 5.90. The van der Waals surface area contributed by atoms with E-state index in [1.54, 1.807) is 0 Å². The first-order chi connectivity index (χ1) is 8.42. The number of unbranched alkanes of at least 4 members (excludes halogenated alkanes) is 2. The molecule has 0 saturated carbocycles.